The quantitative estimate of drug-likeness (QED) is 0.789. The molecule has 1 fully saturated rings. The fourth-order valence-corrected chi connectivity index (χ4v) is 4.07. The third-order valence-corrected chi connectivity index (χ3v) is 5.86. The second kappa shape index (κ2) is 8.29. The van der Waals surface area contributed by atoms with E-state index in [2.05, 4.69) is 26.1 Å². The first-order chi connectivity index (χ1) is 11.6. The van der Waals surface area contributed by atoms with Crippen LogP contribution in [0, 0.1) is 0 Å². The van der Waals surface area contributed by atoms with Gasteiger partial charge >= 0.3 is 0 Å². The number of rotatable bonds is 6. The number of nitrogens with zero attached hydrogens (tertiary/aromatic N) is 1. The lowest BCUT2D eigenvalue weighted by atomic mass is 10.1. The van der Waals surface area contributed by atoms with Crippen molar-refractivity contribution in [1.29, 1.82) is 0 Å². The predicted octanol–water partition coefficient (Wildman–Crippen LogP) is 3.36. The van der Waals surface area contributed by atoms with Gasteiger partial charge in [-0.2, -0.15) is 0 Å². The summed E-state index contributed by atoms with van der Waals surface area (Å²) in [4.78, 5) is 15.6. The zero-order chi connectivity index (χ0) is 16.9. The molecule has 0 aromatic carbocycles. The van der Waals surface area contributed by atoms with Crippen LogP contribution in [-0.2, 0) is 22.6 Å². The zero-order valence-electron chi connectivity index (χ0n) is 13.6. The van der Waals surface area contributed by atoms with Crippen molar-refractivity contribution in [3.63, 3.8) is 0 Å². The van der Waals surface area contributed by atoms with E-state index >= 15 is 0 Å². The van der Waals surface area contributed by atoms with Crippen molar-refractivity contribution < 1.29 is 13.9 Å². The number of hydrogen-bond donors (Lipinski definition) is 1. The maximum atomic E-state index is 12.3. The number of amides is 1. The molecular weight excluding hydrogens is 392 g/mol. The molecule has 0 aliphatic carbocycles. The van der Waals surface area contributed by atoms with Crippen molar-refractivity contribution in [3.05, 3.63) is 44.4 Å². The minimum absolute atomic E-state index is 0.00970. The minimum Gasteiger partial charge on any atom is -0.463 e. The molecule has 0 bridgehead atoms. The number of morpholine rings is 1. The summed E-state index contributed by atoms with van der Waals surface area (Å²) >= 11 is 5.01. The van der Waals surface area contributed by atoms with Crippen LogP contribution in [0.25, 0.3) is 0 Å². The van der Waals surface area contributed by atoms with Crippen molar-refractivity contribution >= 4 is 33.2 Å². The molecule has 1 aliphatic rings. The Morgan fingerprint density at radius 1 is 1.29 bits per heavy atom. The lowest BCUT2D eigenvalue weighted by molar-refractivity contribution is -0.122. The van der Waals surface area contributed by atoms with Crippen molar-refractivity contribution in [3.8, 4) is 0 Å². The third-order valence-electron chi connectivity index (χ3n) is 4.05. The van der Waals surface area contributed by atoms with E-state index in [9.17, 15) is 4.79 Å². The van der Waals surface area contributed by atoms with Gasteiger partial charge in [0.25, 0.3) is 0 Å². The first kappa shape index (κ1) is 17.7. The smallest absolute Gasteiger partial charge is 0.228 e. The molecule has 0 saturated carbocycles. The monoisotopic (exact) mass is 412 g/mol. The lowest BCUT2D eigenvalue weighted by Crippen LogP contribution is -2.35. The summed E-state index contributed by atoms with van der Waals surface area (Å²) in [6.07, 6.45) is 0. The summed E-state index contributed by atoms with van der Waals surface area (Å²) in [5, 5.41) is 2.95. The number of nitrogens with one attached hydrogen (secondary N) is 1. The molecule has 1 aliphatic heterocycles. The van der Waals surface area contributed by atoms with Crippen LogP contribution < -0.4 is 5.32 Å². The molecule has 0 radical (unpaired) electrons. The summed E-state index contributed by atoms with van der Waals surface area (Å²) in [5.74, 6) is 1.56. The number of carbonyl (C=O) groups is 1. The molecule has 0 spiro atoms. The predicted molar refractivity (Wildman–Crippen MR) is 97.1 cm³/mol. The average Bonchev–Trinajstić information content (AvgIpc) is 3.22. The molecule has 3 heterocycles. The van der Waals surface area contributed by atoms with E-state index in [0.717, 1.165) is 53.0 Å². The largest absolute Gasteiger partial charge is 0.463 e. The highest BCUT2D eigenvalue weighted by Crippen LogP contribution is 2.28. The number of hydrogen-bond acceptors (Lipinski definition) is 5. The number of thiophene rings is 1. The summed E-state index contributed by atoms with van der Waals surface area (Å²) < 4.78 is 12.2. The van der Waals surface area contributed by atoms with Crippen LogP contribution in [0.2, 0.25) is 0 Å². The average molecular weight is 413 g/mol. The van der Waals surface area contributed by atoms with E-state index in [1.165, 1.54) is 0 Å². The van der Waals surface area contributed by atoms with Crippen LogP contribution in [0.15, 0.2) is 32.5 Å². The second-order valence-corrected chi connectivity index (χ2v) is 8.33. The van der Waals surface area contributed by atoms with Gasteiger partial charge in [-0.1, -0.05) is 0 Å². The molecule has 1 saturated heterocycles. The Kier molecular flexibility index (Phi) is 6.10. The van der Waals surface area contributed by atoms with E-state index < -0.39 is 0 Å². The Bertz CT molecular complexity index is 679. The number of halogens is 1. The highest BCUT2D eigenvalue weighted by Gasteiger charge is 2.17. The molecule has 2 aromatic heterocycles. The fourth-order valence-electron chi connectivity index (χ4n) is 2.60. The van der Waals surface area contributed by atoms with Gasteiger partial charge in [0.1, 0.15) is 11.5 Å². The van der Waals surface area contributed by atoms with Gasteiger partial charge in [0.05, 0.1) is 36.0 Å². The van der Waals surface area contributed by atoms with E-state index in [4.69, 9.17) is 9.15 Å². The molecule has 3 rings (SSSR count). The molecule has 2 aromatic rings. The Hall–Kier alpha value is -1.15. The van der Waals surface area contributed by atoms with E-state index in [1.807, 2.05) is 31.2 Å². The molecule has 1 amide bonds. The first-order valence-electron chi connectivity index (χ1n) is 8.02. The van der Waals surface area contributed by atoms with Crippen LogP contribution in [0.1, 0.15) is 29.2 Å². The van der Waals surface area contributed by atoms with E-state index in [0.29, 0.717) is 6.54 Å². The summed E-state index contributed by atoms with van der Waals surface area (Å²) in [5.41, 5.74) is 0. The van der Waals surface area contributed by atoms with Gasteiger partial charge < -0.3 is 14.5 Å². The Balaban J connectivity index is 1.48. The maximum Gasteiger partial charge on any atom is 0.228 e. The van der Waals surface area contributed by atoms with Gasteiger partial charge in [0, 0.05) is 18.0 Å². The van der Waals surface area contributed by atoms with E-state index in [1.54, 1.807) is 11.3 Å². The lowest BCUT2D eigenvalue weighted by Gasteiger charge is -2.25. The molecule has 1 atom stereocenters. The van der Waals surface area contributed by atoms with Gasteiger partial charge in [-0.15, -0.1) is 11.3 Å². The number of ether oxygens (including phenoxy) is 1. The van der Waals surface area contributed by atoms with Crippen LogP contribution in [-0.4, -0.2) is 37.1 Å². The van der Waals surface area contributed by atoms with Gasteiger partial charge in [-0.05, 0) is 47.1 Å². The first-order valence-corrected chi connectivity index (χ1v) is 9.63. The normalized spacial score (nSPS) is 16.9. The highest BCUT2D eigenvalue weighted by molar-refractivity contribution is 9.11. The van der Waals surface area contributed by atoms with Crippen LogP contribution in [0.3, 0.4) is 0 Å². The molecule has 24 heavy (non-hydrogen) atoms. The van der Waals surface area contributed by atoms with Crippen LogP contribution in [0.5, 0.6) is 0 Å². The highest BCUT2D eigenvalue weighted by atomic mass is 79.9. The minimum atomic E-state index is -0.163. The Morgan fingerprint density at radius 2 is 2.04 bits per heavy atom. The Morgan fingerprint density at radius 3 is 2.75 bits per heavy atom. The summed E-state index contributed by atoms with van der Waals surface area (Å²) in [6, 6.07) is 7.86. The van der Waals surface area contributed by atoms with Gasteiger partial charge in [-0.3, -0.25) is 9.69 Å². The van der Waals surface area contributed by atoms with Gasteiger partial charge in [0.2, 0.25) is 5.91 Å². The molecule has 7 heteroatoms. The van der Waals surface area contributed by atoms with Crippen LogP contribution in [0.4, 0.5) is 0 Å². The van der Waals surface area contributed by atoms with Crippen molar-refractivity contribution in [2.45, 2.75) is 25.9 Å². The summed E-state index contributed by atoms with van der Waals surface area (Å²) in [7, 11) is 0. The fraction of sp³-hybridized carbons (Fsp3) is 0.471. The third kappa shape index (κ3) is 4.69. The van der Waals surface area contributed by atoms with Crippen LogP contribution >= 0.6 is 27.3 Å². The van der Waals surface area contributed by atoms with Crippen molar-refractivity contribution in [2.75, 3.05) is 26.3 Å². The SMILES string of the molecule is CC(C(=O)NCc1ccc(CN2CCOCC2)o1)c1ccc(Br)s1. The molecule has 130 valence electrons. The Labute approximate surface area is 154 Å². The molecule has 1 N–H and O–H groups in total. The maximum absolute atomic E-state index is 12.3. The number of furan rings is 1. The zero-order valence-corrected chi connectivity index (χ0v) is 16.0. The van der Waals surface area contributed by atoms with E-state index in [-0.39, 0.29) is 11.8 Å². The van der Waals surface area contributed by atoms with Crippen molar-refractivity contribution in [2.24, 2.45) is 0 Å². The number of carbonyl (C=O) groups excluding carboxylic acids is 1. The second-order valence-electron chi connectivity index (χ2n) is 5.84. The molecule has 1 unspecified atom stereocenters. The van der Waals surface area contributed by atoms with Crippen molar-refractivity contribution in [1.82, 2.24) is 10.2 Å². The topological polar surface area (TPSA) is 54.7 Å². The standard InChI is InChI=1S/C17H21BrN2O3S/c1-12(15-4-5-16(18)24-15)17(21)19-10-13-2-3-14(23-13)11-20-6-8-22-9-7-20/h2-5,12H,6-11H2,1H3,(H,19,21). The molecular formula is C17H21BrN2O3S. The van der Waals surface area contributed by atoms with Gasteiger partial charge in [-0.25, -0.2) is 0 Å². The summed E-state index contributed by atoms with van der Waals surface area (Å²) in [6.45, 7) is 6.54. The van der Waals surface area contributed by atoms with Gasteiger partial charge in [0.15, 0.2) is 0 Å². The molecule has 5 nitrogen and oxygen atoms in total.